The monoisotopic (exact) mass is 182 g/mol. The minimum Gasteiger partial charge on any atom is -0.0649 e. The molecule has 0 atom stereocenters. The maximum Gasteiger partial charge on any atom is -0.0223 e. The maximum atomic E-state index is 2.47. The molecule has 0 radical (unpaired) electrons. The van der Waals surface area contributed by atoms with Gasteiger partial charge in [-0.15, -0.1) is 0 Å². The zero-order valence-corrected chi connectivity index (χ0v) is 10.1. The number of hydrogen-bond donors (Lipinski definition) is 0. The highest BCUT2D eigenvalue weighted by atomic mass is 14.5. The molecule has 0 nitrogen and oxygen atoms in total. The molecular weight excluding hydrogens is 156 g/mol. The zero-order valence-electron chi connectivity index (χ0n) is 10.1. The summed E-state index contributed by atoms with van der Waals surface area (Å²) in [6.45, 7) is 12.1. The van der Waals surface area contributed by atoms with Crippen molar-refractivity contribution >= 4 is 0 Å². The van der Waals surface area contributed by atoms with E-state index in [-0.39, 0.29) is 0 Å². The Balaban J connectivity index is 2.90. The van der Waals surface area contributed by atoms with Gasteiger partial charge in [-0.05, 0) is 29.6 Å². The van der Waals surface area contributed by atoms with E-state index in [4.69, 9.17) is 0 Å². The van der Waals surface area contributed by atoms with Crippen molar-refractivity contribution in [2.75, 3.05) is 0 Å². The van der Waals surface area contributed by atoms with Crippen LogP contribution in [0.2, 0.25) is 0 Å². The summed E-state index contributed by atoms with van der Waals surface area (Å²) in [6, 6.07) is 0. The lowest BCUT2D eigenvalue weighted by atomic mass is 9.57. The van der Waals surface area contributed by atoms with Gasteiger partial charge in [0.2, 0.25) is 0 Å². The number of rotatable bonds is 3. The summed E-state index contributed by atoms with van der Waals surface area (Å²) in [7, 11) is 0. The van der Waals surface area contributed by atoms with Crippen LogP contribution in [0.4, 0.5) is 0 Å². The van der Waals surface area contributed by atoms with E-state index in [0.717, 1.165) is 5.92 Å². The molecule has 1 aliphatic rings. The van der Waals surface area contributed by atoms with E-state index in [9.17, 15) is 0 Å². The third kappa shape index (κ3) is 1.65. The van der Waals surface area contributed by atoms with Crippen molar-refractivity contribution in [3.8, 4) is 0 Å². The summed E-state index contributed by atoms with van der Waals surface area (Å²) in [5, 5.41) is 0. The lowest BCUT2D eigenvalue weighted by Gasteiger charge is -2.47. The summed E-state index contributed by atoms with van der Waals surface area (Å²) in [5.41, 5.74) is 1.18. The first kappa shape index (κ1) is 11.1. The minimum atomic E-state index is 0.539. The van der Waals surface area contributed by atoms with E-state index in [1.54, 1.807) is 0 Å². The van der Waals surface area contributed by atoms with Crippen LogP contribution in [0.15, 0.2) is 0 Å². The second kappa shape index (κ2) is 3.63. The van der Waals surface area contributed by atoms with Crippen LogP contribution in [-0.4, -0.2) is 0 Å². The van der Waals surface area contributed by atoms with Crippen molar-refractivity contribution < 1.29 is 0 Å². The average Bonchev–Trinajstić information content (AvgIpc) is 2.53. The maximum absolute atomic E-state index is 2.47. The van der Waals surface area contributed by atoms with E-state index in [1.165, 1.54) is 32.1 Å². The van der Waals surface area contributed by atoms with Crippen molar-refractivity contribution in [3.05, 3.63) is 0 Å². The van der Waals surface area contributed by atoms with Crippen LogP contribution in [0.5, 0.6) is 0 Å². The van der Waals surface area contributed by atoms with Crippen LogP contribution in [0.3, 0.4) is 0 Å². The molecule has 0 amide bonds. The molecule has 0 N–H and O–H groups in total. The Morgan fingerprint density at radius 3 is 1.92 bits per heavy atom. The summed E-state index contributed by atoms with van der Waals surface area (Å²) in [4.78, 5) is 0. The number of hydrogen-bond acceptors (Lipinski definition) is 0. The topological polar surface area (TPSA) is 0 Å². The van der Waals surface area contributed by atoms with Crippen LogP contribution in [0, 0.1) is 16.7 Å². The Kier molecular flexibility index (Phi) is 3.09. The van der Waals surface area contributed by atoms with E-state index in [2.05, 4.69) is 34.6 Å². The fourth-order valence-corrected chi connectivity index (χ4v) is 3.39. The van der Waals surface area contributed by atoms with E-state index < -0.39 is 0 Å². The molecule has 1 saturated carbocycles. The summed E-state index contributed by atoms with van der Waals surface area (Å²) in [5.74, 6) is 0.852. The van der Waals surface area contributed by atoms with Gasteiger partial charge in [0.25, 0.3) is 0 Å². The lowest BCUT2D eigenvalue weighted by Crippen LogP contribution is -2.39. The Hall–Kier alpha value is 0. The van der Waals surface area contributed by atoms with Gasteiger partial charge in [-0.1, -0.05) is 53.9 Å². The Morgan fingerprint density at radius 2 is 1.62 bits per heavy atom. The second-order valence-corrected chi connectivity index (χ2v) is 5.76. The van der Waals surface area contributed by atoms with Gasteiger partial charge in [0, 0.05) is 0 Å². The van der Waals surface area contributed by atoms with Gasteiger partial charge >= 0.3 is 0 Å². The SMILES string of the molecule is CCC(C)(C)C1(C(C)C)CCCC1. The lowest BCUT2D eigenvalue weighted by molar-refractivity contribution is 0.0192. The van der Waals surface area contributed by atoms with Crippen LogP contribution < -0.4 is 0 Å². The molecule has 0 heterocycles. The van der Waals surface area contributed by atoms with Crippen molar-refractivity contribution in [1.29, 1.82) is 0 Å². The predicted octanol–water partition coefficient (Wildman–Crippen LogP) is 4.64. The largest absolute Gasteiger partial charge is 0.0649 e. The molecule has 0 heteroatoms. The first-order valence-electron chi connectivity index (χ1n) is 5.96. The molecule has 0 saturated heterocycles. The highest BCUT2D eigenvalue weighted by molar-refractivity contribution is 4.97. The molecular formula is C13H26. The molecule has 0 unspecified atom stereocenters. The highest BCUT2D eigenvalue weighted by Crippen LogP contribution is 2.57. The first-order chi connectivity index (χ1) is 5.96. The molecule has 0 aromatic carbocycles. The molecule has 13 heavy (non-hydrogen) atoms. The quantitative estimate of drug-likeness (QED) is 0.596. The summed E-state index contributed by atoms with van der Waals surface area (Å²) < 4.78 is 0. The molecule has 0 aromatic heterocycles. The third-order valence-corrected chi connectivity index (χ3v) is 4.83. The molecule has 0 spiro atoms. The molecule has 1 fully saturated rings. The van der Waals surface area contributed by atoms with Crippen LogP contribution >= 0.6 is 0 Å². The standard InChI is InChI=1S/C13H26/c1-6-12(4,5)13(11(2)3)9-7-8-10-13/h11H,6-10H2,1-5H3. The van der Waals surface area contributed by atoms with Crippen molar-refractivity contribution in [2.45, 2.75) is 66.7 Å². The van der Waals surface area contributed by atoms with Crippen LogP contribution in [-0.2, 0) is 0 Å². The first-order valence-corrected chi connectivity index (χ1v) is 5.96. The predicted molar refractivity (Wildman–Crippen MR) is 59.8 cm³/mol. The van der Waals surface area contributed by atoms with Gasteiger partial charge in [-0.3, -0.25) is 0 Å². The second-order valence-electron chi connectivity index (χ2n) is 5.76. The third-order valence-electron chi connectivity index (χ3n) is 4.83. The normalized spacial score (nSPS) is 22.6. The van der Waals surface area contributed by atoms with E-state index in [0.29, 0.717) is 10.8 Å². The Bertz CT molecular complexity index is 159. The van der Waals surface area contributed by atoms with E-state index >= 15 is 0 Å². The molecule has 1 rings (SSSR count). The van der Waals surface area contributed by atoms with Crippen molar-refractivity contribution in [1.82, 2.24) is 0 Å². The zero-order chi connectivity index (χ0) is 10.1. The Morgan fingerprint density at radius 1 is 1.15 bits per heavy atom. The van der Waals surface area contributed by atoms with Crippen LogP contribution in [0.25, 0.3) is 0 Å². The fourth-order valence-electron chi connectivity index (χ4n) is 3.39. The smallest absolute Gasteiger partial charge is 0.0223 e. The van der Waals surface area contributed by atoms with Gasteiger partial charge in [-0.2, -0.15) is 0 Å². The molecule has 0 aromatic rings. The summed E-state index contributed by atoms with van der Waals surface area (Å²) in [6.07, 6.45) is 7.17. The molecule has 0 bridgehead atoms. The molecule has 0 aliphatic heterocycles. The molecule has 78 valence electrons. The van der Waals surface area contributed by atoms with Crippen molar-refractivity contribution in [3.63, 3.8) is 0 Å². The van der Waals surface area contributed by atoms with Gasteiger partial charge in [0.15, 0.2) is 0 Å². The fraction of sp³-hybridized carbons (Fsp3) is 1.00. The highest BCUT2D eigenvalue weighted by Gasteiger charge is 2.47. The average molecular weight is 182 g/mol. The van der Waals surface area contributed by atoms with Gasteiger partial charge < -0.3 is 0 Å². The van der Waals surface area contributed by atoms with Gasteiger partial charge in [0.05, 0.1) is 0 Å². The van der Waals surface area contributed by atoms with Gasteiger partial charge in [-0.25, -0.2) is 0 Å². The molecule has 1 aliphatic carbocycles. The summed E-state index contributed by atoms with van der Waals surface area (Å²) >= 11 is 0. The van der Waals surface area contributed by atoms with E-state index in [1.807, 2.05) is 0 Å². The van der Waals surface area contributed by atoms with Crippen molar-refractivity contribution in [2.24, 2.45) is 16.7 Å². The Labute approximate surface area is 84.1 Å². The minimum absolute atomic E-state index is 0.539. The van der Waals surface area contributed by atoms with Gasteiger partial charge in [0.1, 0.15) is 0 Å². The van der Waals surface area contributed by atoms with Crippen LogP contribution in [0.1, 0.15) is 66.7 Å².